The molecule has 0 aliphatic heterocycles. The van der Waals surface area contributed by atoms with Crippen molar-refractivity contribution in [2.45, 2.75) is 32.3 Å². The average Bonchev–Trinajstić information content (AvgIpc) is 2.70. The quantitative estimate of drug-likeness (QED) is 0.523. The van der Waals surface area contributed by atoms with Crippen LogP contribution in [0.4, 0.5) is 5.69 Å². The third kappa shape index (κ3) is 5.93. The highest BCUT2D eigenvalue weighted by Crippen LogP contribution is 2.28. The highest BCUT2D eigenvalue weighted by molar-refractivity contribution is 5.95. The number of ether oxygens (including phenoxy) is 2. The van der Waals surface area contributed by atoms with Gasteiger partial charge in [0.15, 0.2) is 5.75 Å². The van der Waals surface area contributed by atoms with E-state index in [1.54, 1.807) is 0 Å². The molecule has 0 radical (unpaired) electrons. The third-order valence-corrected chi connectivity index (χ3v) is 4.62. The first-order chi connectivity index (χ1) is 14.0. The Labute approximate surface area is 176 Å². The predicted octanol–water partition coefficient (Wildman–Crippen LogP) is 3.41. The second-order valence-electron chi connectivity index (χ2n) is 8.07. The van der Waals surface area contributed by atoms with Gasteiger partial charge in [0.1, 0.15) is 18.5 Å². The first kappa shape index (κ1) is 23.2. The number of nitrogens with zero attached hydrogens (tertiary/aromatic N) is 2. The maximum Gasteiger partial charge on any atom is 0.311 e. The van der Waals surface area contributed by atoms with Gasteiger partial charge in [-0.25, -0.2) is 0 Å². The van der Waals surface area contributed by atoms with Crippen LogP contribution in [0.15, 0.2) is 42.5 Å². The standard InChI is InChI=1S/C22H28N2O6/c1-22(2,3)16-7-9-18(10-8-16)30-14-17(25)13-23(4)21(26)15-6-11-20(29-5)19(12-15)24(27)28/h6-12,17,25H,13-14H2,1-5H3/t17-/m1/s1. The fourth-order valence-electron chi connectivity index (χ4n) is 2.88. The maximum absolute atomic E-state index is 12.6. The lowest BCUT2D eigenvalue weighted by Crippen LogP contribution is -2.37. The van der Waals surface area contributed by atoms with Crippen molar-refractivity contribution in [3.63, 3.8) is 0 Å². The molecule has 0 bridgehead atoms. The topological polar surface area (TPSA) is 102 Å². The van der Waals surface area contributed by atoms with Crippen LogP contribution in [-0.4, -0.2) is 54.3 Å². The highest BCUT2D eigenvalue weighted by Gasteiger charge is 2.21. The van der Waals surface area contributed by atoms with Gasteiger partial charge in [-0.1, -0.05) is 32.9 Å². The van der Waals surface area contributed by atoms with E-state index in [-0.39, 0.29) is 35.6 Å². The molecule has 0 fully saturated rings. The lowest BCUT2D eigenvalue weighted by atomic mass is 9.87. The number of benzene rings is 2. The maximum atomic E-state index is 12.6. The van der Waals surface area contributed by atoms with Crippen LogP contribution in [0.2, 0.25) is 0 Å². The van der Waals surface area contributed by atoms with Gasteiger partial charge in [0.05, 0.1) is 12.0 Å². The van der Waals surface area contributed by atoms with E-state index in [1.807, 2.05) is 24.3 Å². The summed E-state index contributed by atoms with van der Waals surface area (Å²) in [6.07, 6.45) is -0.922. The van der Waals surface area contributed by atoms with E-state index in [0.29, 0.717) is 5.75 Å². The zero-order valence-electron chi connectivity index (χ0n) is 17.9. The SMILES string of the molecule is COc1ccc(C(=O)N(C)C[C@@H](O)COc2ccc(C(C)(C)C)cc2)cc1[N+](=O)[O-]. The second-order valence-corrected chi connectivity index (χ2v) is 8.07. The summed E-state index contributed by atoms with van der Waals surface area (Å²) in [7, 11) is 2.84. The van der Waals surface area contributed by atoms with Gasteiger partial charge in [0.2, 0.25) is 0 Å². The molecular weight excluding hydrogens is 388 g/mol. The normalized spacial score (nSPS) is 12.2. The molecule has 0 saturated heterocycles. The van der Waals surface area contributed by atoms with Crippen molar-refractivity contribution in [2.24, 2.45) is 0 Å². The molecule has 2 rings (SSSR count). The van der Waals surface area contributed by atoms with Crippen LogP contribution in [0.5, 0.6) is 11.5 Å². The molecule has 0 spiro atoms. The number of hydrogen-bond acceptors (Lipinski definition) is 6. The van der Waals surface area contributed by atoms with Crippen molar-refractivity contribution >= 4 is 11.6 Å². The number of aliphatic hydroxyl groups excluding tert-OH is 1. The first-order valence-electron chi connectivity index (χ1n) is 9.52. The van der Waals surface area contributed by atoms with Crippen molar-refractivity contribution in [1.29, 1.82) is 0 Å². The Balaban J connectivity index is 1.95. The van der Waals surface area contributed by atoms with Crippen LogP contribution in [0.3, 0.4) is 0 Å². The number of nitro benzene ring substituents is 1. The van der Waals surface area contributed by atoms with E-state index in [9.17, 15) is 20.0 Å². The summed E-state index contributed by atoms with van der Waals surface area (Å²) < 4.78 is 10.6. The van der Waals surface area contributed by atoms with Gasteiger partial charge in [-0.3, -0.25) is 14.9 Å². The van der Waals surface area contributed by atoms with Gasteiger partial charge in [0.25, 0.3) is 5.91 Å². The molecule has 2 aromatic carbocycles. The molecule has 8 nitrogen and oxygen atoms in total. The Hall–Kier alpha value is -3.13. The van der Waals surface area contributed by atoms with E-state index in [4.69, 9.17) is 9.47 Å². The van der Waals surface area contributed by atoms with Crippen LogP contribution in [0, 0.1) is 10.1 Å². The molecule has 0 aromatic heterocycles. The van der Waals surface area contributed by atoms with Gasteiger partial charge in [0, 0.05) is 25.2 Å². The Kier molecular flexibility index (Phi) is 7.39. The number of amides is 1. The monoisotopic (exact) mass is 416 g/mol. The van der Waals surface area contributed by atoms with E-state index in [0.717, 1.165) is 6.07 Å². The van der Waals surface area contributed by atoms with Crippen LogP contribution in [0.1, 0.15) is 36.7 Å². The molecular formula is C22H28N2O6. The molecule has 30 heavy (non-hydrogen) atoms. The summed E-state index contributed by atoms with van der Waals surface area (Å²) in [4.78, 5) is 24.4. The number of hydrogen-bond donors (Lipinski definition) is 1. The minimum atomic E-state index is -0.922. The number of carbonyl (C=O) groups excluding carboxylic acids is 1. The number of rotatable bonds is 8. The molecule has 0 unspecified atom stereocenters. The Morgan fingerprint density at radius 2 is 1.83 bits per heavy atom. The molecule has 1 N–H and O–H groups in total. The summed E-state index contributed by atoms with van der Waals surface area (Å²) >= 11 is 0. The molecule has 0 heterocycles. The third-order valence-electron chi connectivity index (χ3n) is 4.62. The van der Waals surface area contributed by atoms with E-state index >= 15 is 0 Å². The summed E-state index contributed by atoms with van der Waals surface area (Å²) in [5, 5.41) is 21.4. The van der Waals surface area contributed by atoms with Gasteiger partial charge < -0.3 is 19.5 Å². The molecule has 0 aliphatic carbocycles. The van der Waals surface area contributed by atoms with Crippen molar-refractivity contribution in [3.05, 3.63) is 63.7 Å². The lowest BCUT2D eigenvalue weighted by molar-refractivity contribution is -0.385. The fraction of sp³-hybridized carbons (Fsp3) is 0.409. The van der Waals surface area contributed by atoms with Crippen LogP contribution in [-0.2, 0) is 5.41 Å². The Morgan fingerprint density at radius 1 is 1.20 bits per heavy atom. The Morgan fingerprint density at radius 3 is 2.37 bits per heavy atom. The van der Waals surface area contributed by atoms with E-state index in [1.165, 1.54) is 36.8 Å². The average molecular weight is 416 g/mol. The first-order valence-corrected chi connectivity index (χ1v) is 9.52. The Bertz CT molecular complexity index is 889. The van der Waals surface area contributed by atoms with Gasteiger partial charge >= 0.3 is 5.69 Å². The number of aliphatic hydroxyl groups is 1. The molecule has 0 saturated carbocycles. The van der Waals surface area contributed by atoms with Crippen LogP contribution in [0.25, 0.3) is 0 Å². The summed E-state index contributed by atoms with van der Waals surface area (Å²) in [6, 6.07) is 11.6. The smallest absolute Gasteiger partial charge is 0.311 e. The van der Waals surface area contributed by atoms with Crippen molar-refractivity contribution in [3.8, 4) is 11.5 Å². The second kappa shape index (κ2) is 9.58. The van der Waals surface area contributed by atoms with Crippen LogP contribution < -0.4 is 9.47 Å². The molecule has 8 heteroatoms. The zero-order valence-corrected chi connectivity index (χ0v) is 17.9. The van der Waals surface area contributed by atoms with E-state index in [2.05, 4.69) is 20.8 Å². The predicted molar refractivity (Wildman–Crippen MR) is 113 cm³/mol. The fourth-order valence-corrected chi connectivity index (χ4v) is 2.88. The molecule has 162 valence electrons. The van der Waals surface area contributed by atoms with Crippen LogP contribution >= 0.6 is 0 Å². The molecule has 1 atom stereocenters. The number of nitro groups is 1. The summed E-state index contributed by atoms with van der Waals surface area (Å²) in [5.74, 6) is 0.251. The minimum Gasteiger partial charge on any atom is -0.491 e. The van der Waals surface area contributed by atoms with Crippen molar-refractivity contribution in [2.75, 3.05) is 27.3 Å². The minimum absolute atomic E-state index is 0.00917. The summed E-state index contributed by atoms with van der Waals surface area (Å²) in [6.45, 7) is 6.39. The van der Waals surface area contributed by atoms with Gasteiger partial charge in [-0.05, 0) is 35.2 Å². The molecule has 0 aliphatic rings. The van der Waals surface area contributed by atoms with Crippen molar-refractivity contribution < 1.29 is 24.3 Å². The number of carbonyl (C=O) groups is 1. The molecule has 1 amide bonds. The van der Waals surface area contributed by atoms with Gasteiger partial charge in [-0.15, -0.1) is 0 Å². The zero-order chi connectivity index (χ0) is 22.5. The number of methoxy groups -OCH3 is 1. The summed E-state index contributed by atoms with van der Waals surface area (Å²) in [5.41, 5.74) is 1.06. The van der Waals surface area contributed by atoms with E-state index < -0.39 is 16.9 Å². The van der Waals surface area contributed by atoms with Gasteiger partial charge in [-0.2, -0.15) is 0 Å². The highest BCUT2D eigenvalue weighted by atomic mass is 16.6. The van der Waals surface area contributed by atoms with Crippen molar-refractivity contribution in [1.82, 2.24) is 4.90 Å². The lowest BCUT2D eigenvalue weighted by Gasteiger charge is -2.22. The largest absolute Gasteiger partial charge is 0.491 e. The number of likely N-dealkylation sites (N-methyl/N-ethyl adjacent to an activating group) is 1. The molecule has 2 aromatic rings.